The van der Waals surface area contributed by atoms with Gasteiger partial charge in [-0.05, 0) is 84.7 Å². The number of fused-ring (bicyclic) bond motifs is 2. The fourth-order valence-corrected chi connectivity index (χ4v) is 8.24. The molecule has 0 spiro atoms. The predicted octanol–water partition coefficient (Wildman–Crippen LogP) is 6.51. The van der Waals surface area contributed by atoms with Crippen LogP contribution in [0, 0.1) is 24.6 Å². The first-order chi connectivity index (χ1) is 18.1. The number of halogens is 1. The third kappa shape index (κ3) is 4.01. The van der Waals surface area contributed by atoms with Gasteiger partial charge in [-0.3, -0.25) is 0 Å². The number of hydrogen-bond donors (Lipinski definition) is 0. The molecule has 3 heterocycles. The van der Waals surface area contributed by atoms with Crippen LogP contribution in [0.5, 0.6) is 0 Å². The van der Waals surface area contributed by atoms with Crippen LogP contribution in [0.4, 0.5) is 4.39 Å². The first kappa shape index (κ1) is 23.4. The summed E-state index contributed by atoms with van der Waals surface area (Å²) in [5.41, 5.74) is 6.33. The maximum atomic E-state index is 13.5. The van der Waals surface area contributed by atoms with Crippen molar-refractivity contribution in [2.24, 2.45) is 11.8 Å². The van der Waals surface area contributed by atoms with Gasteiger partial charge in [0.25, 0.3) is 0 Å². The van der Waals surface area contributed by atoms with E-state index in [1.807, 2.05) is 10.9 Å². The highest BCUT2D eigenvalue weighted by Crippen LogP contribution is 2.70. The number of ether oxygens (including phenoxy) is 1. The van der Waals surface area contributed by atoms with E-state index in [4.69, 9.17) is 4.74 Å². The molecule has 0 N–H and O–H groups in total. The Bertz CT molecular complexity index is 1420. The van der Waals surface area contributed by atoms with Crippen LogP contribution >= 0.6 is 11.9 Å². The maximum absolute atomic E-state index is 13.5. The fourth-order valence-electron chi connectivity index (χ4n) is 6.91. The third-order valence-corrected chi connectivity index (χ3v) is 10.1. The molecule has 0 bridgehead atoms. The largest absolute Gasteiger partial charge is 0.381 e. The van der Waals surface area contributed by atoms with Crippen LogP contribution in [0.3, 0.4) is 0 Å². The molecule has 1 aromatic heterocycles. The Balaban J connectivity index is 1.22. The van der Waals surface area contributed by atoms with Crippen LogP contribution in [0.2, 0.25) is 0 Å². The number of nitrogens with zero attached hydrogens (tertiary/aromatic N) is 3. The van der Waals surface area contributed by atoms with Crippen molar-refractivity contribution in [3.63, 3.8) is 0 Å². The molecule has 4 nitrogen and oxygen atoms in total. The molecule has 3 atom stereocenters. The third-order valence-electron chi connectivity index (χ3n) is 8.83. The average Bonchev–Trinajstić information content (AvgIpc) is 3.19. The van der Waals surface area contributed by atoms with Crippen molar-refractivity contribution in [1.29, 1.82) is 0 Å². The second kappa shape index (κ2) is 9.26. The Labute approximate surface area is 221 Å². The Hall–Kier alpha value is -2.67. The summed E-state index contributed by atoms with van der Waals surface area (Å²) >= 11 is 2.06. The minimum atomic E-state index is -0.231. The molecule has 1 aliphatic carbocycles. The standard InChI is InChI=1S/C31H32FN3OS/c1-21-15-29-24(17-33-35(29)26-9-7-25(32)8-10-26)16-27(21)31-20-34(37-19-22-11-13-36-14-12-22)18-28(31)30(31)23-5-3-2-4-6-23/h2-10,15-17,22,28,30H,11-14,18-20H2,1H3. The number of rotatable bonds is 6. The van der Waals surface area contributed by atoms with Gasteiger partial charge in [0.2, 0.25) is 0 Å². The van der Waals surface area contributed by atoms with E-state index in [9.17, 15) is 4.39 Å². The fraction of sp³-hybridized carbons (Fsp3) is 0.387. The van der Waals surface area contributed by atoms with E-state index in [-0.39, 0.29) is 11.2 Å². The van der Waals surface area contributed by atoms with Crippen molar-refractivity contribution in [1.82, 2.24) is 14.1 Å². The summed E-state index contributed by atoms with van der Waals surface area (Å²) in [4.78, 5) is 0. The lowest BCUT2D eigenvalue weighted by Crippen LogP contribution is -2.26. The van der Waals surface area contributed by atoms with E-state index < -0.39 is 0 Å². The highest BCUT2D eigenvalue weighted by Gasteiger charge is 2.70. The molecule has 0 radical (unpaired) electrons. The van der Waals surface area contributed by atoms with Crippen molar-refractivity contribution >= 4 is 22.9 Å². The summed E-state index contributed by atoms with van der Waals surface area (Å²) in [6.45, 7) is 6.31. The predicted molar refractivity (Wildman–Crippen MR) is 148 cm³/mol. The summed E-state index contributed by atoms with van der Waals surface area (Å²) in [5, 5.41) is 5.83. The molecule has 3 aromatic carbocycles. The topological polar surface area (TPSA) is 30.3 Å². The lowest BCUT2D eigenvalue weighted by atomic mass is 9.87. The van der Waals surface area contributed by atoms with Crippen molar-refractivity contribution < 1.29 is 9.13 Å². The summed E-state index contributed by atoms with van der Waals surface area (Å²) in [6.07, 6.45) is 4.34. The van der Waals surface area contributed by atoms with Gasteiger partial charge in [-0.25, -0.2) is 13.4 Å². The van der Waals surface area contributed by atoms with E-state index >= 15 is 0 Å². The SMILES string of the molecule is Cc1cc2c(cnn2-c2ccc(F)cc2)cc1C12CN(SCC3CCOCC3)CC1C2c1ccccc1. The number of aromatic nitrogens is 2. The molecule has 7 rings (SSSR count). The van der Waals surface area contributed by atoms with Crippen molar-refractivity contribution in [3.05, 3.63) is 95.4 Å². The van der Waals surface area contributed by atoms with Crippen LogP contribution in [-0.2, 0) is 10.2 Å². The van der Waals surface area contributed by atoms with Gasteiger partial charge in [-0.15, -0.1) is 0 Å². The van der Waals surface area contributed by atoms with Crippen LogP contribution in [0.25, 0.3) is 16.6 Å². The van der Waals surface area contributed by atoms with Gasteiger partial charge in [0.15, 0.2) is 0 Å². The van der Waals surface area contributed by atoms with Crippen LogP contribution < -0.4 is 0 Å². The molecule has 3 unspecified atom stereocenters. The molecular weight excluding hydrogens is 481 g/mol. The van der Waals surface area contributed by atoms with E-state index in [0.29, 0.717) is 11.8 Å². The molecule has 1 saturated carbocycles. The van der Waals surface area contributed by atoms with E-state index in [2.05, 4.69) is 70.7 Å². The van der Waals surface area contributed by atoms with Gasteiger partial charge in [0, 0.05) is 48.8 Å². The number of piperidine rings is 1. The Morgan fingerprint density at radius 2 is 1.84 bits per heavy atom. The first-order valence-corrected chi connectivity index (χ1v) is 14.3. The highest BCUT2D eigenvalue weighted by molar-refractivity contribution is 7.97. The molecule has 2 aliphatic heterocycles. The normalized spacial score (nSPS) is 26.0. The molecule has 6 heteroatoms. The van der Waals surface area contributed by atoms with Gasteiger partial charge in [-0.2, -0.15) is 5.10 Å². The minimum absolute atomic E-state index is 0.139. The number of benzene rings is 3. The van der Waals surface area contributed by atoms with E-state index in [1.54, 1.807) is 12.1 Å². The molecule has 0 amide bonds. The van der Waals surface area contributed by atoms with Crippen molar-refractivity contribution in [3.8, 4) is 5.69 Å². The molecule has 3 aliphatic rings. The van der Waals surface area contributed by atoms with Gasteiger partial charge in [-0.1, -0.05) is 42.3 Å². The van der Waals surface area contributed by atoms with Crippen molar-refractivity contribution in [2.75, 3.05) is 32.1 Å². The summed E-state index contributed by atoms with van der Waals surface area (Å²) < 4.78 is 23.6. The molecular formula is C31H32FN3OS. The van der Waals surface area contributed by atoms with Crippen LogP contribution in [0.15, 0.2) is 72.9 Å². The minimum Gasteiger partial charge on any atom is -0.381 e. The highest BCUT2D eigenvalue weighted by atomic mass is 32.2. The molecule has 3 fully saturated rings. The smallest absolute Gasteiger partial charge is 0.123 e. The summed E-state index contributed by atoms with van der Waals surface area (Å²) in [6, 6.07) is 22.3. The molecule has 2 saturated heterocycles. The second-order valence-corrected chi connectivity index (χ2v) is 12.1. The zero-order chi connectivity index (χ0) is 25.0. The lowest BCUT2D eigenvalue weighted by Gasteiger charge is -2.27. The first-order valence-electron chi connectivity index (χ1n) is 13.4. The second-order valence-electron chi connectivity index (χ2n) is 11.0. The van der Waals surface area contributed by atoms with Crippen LogP contribution in [0.1, 0.15) is 35.4 Å². The molecule has 190 valence electrons. The molecule has 37 heavy (non-hydrogen) atoms. The zero-order valence-electron chi connectivity index (χ0n) is 21.1. The van der Waals surface area contributed by atoms with E-state index in [1.165, 1.54) is 47.4 Å². The van der Waals surface area contributed by atoms with Crippen molar-refractivity contribution in [2.45, 2.75) is 31.1 Å². The zero-order valence-corrected chi connectivity index (χ0v) is 22.0. The Morgan fingerprint density at radius 3 is 2.62 bits per heavy atom. The van der Waals surface area contributed by atoms with Gasteiger partial charge in [0.05, 0.1) is 17.4 Å². The quantitative estimate of drug-likeness (QED) is 0.275. The summed E-state index contributed by atoms with van der Waals surface area (Å²) in [7, 11) is 0. The lowest BCUT2D eigenvalue weighted by molar-refractivity contribution is 0.0726. The van der Waals surface area contributed by atoms with Gasteiger partial charge < -0.3 is 4.74 Å². The monoisotopic (exact) mass is 513 g/mol. The average molecular weight is 514 g/mol. The molecule has 4 aromatic rings. The van der Waals surface area contributed by atoms with Crippen LogP contribution in [-0.4, -0.2) is 46.1 Å². The number of hydrogen-bond acceptors (Lipinski definition) is 4. The van der Waals surface area contributed by atoms with Gasteiger partial charge >= 0.3 is 0 Å². The summed E-state index contributed by atoms with van der Waals surface area (Å²) in [5.74, 6) is 2.92. The van der Waals surface area contributed by atoms with E-state index in [0.717, 1.165) is 48.8 Å². The Kier molecular flexibility index (Phi) is 5.87. The maximum Gasteiger partial charge on any atom is 0.123 e. The van der Waals surface area contributed by atoms with Gasteiger partial charge in [0.1, 0.15) is 5.82 Å². The number of aryl methyl sites for hydroxylation is 1. The Morgan fingerprint density at radius 1 is 1.05 bits per heavy atom.